The Labute approximate surface area is 130 Å². The molecule has 0 bridgehead atoms. The van der Waals surface area contributed by atoms with Gasteiger partial charge in [0.25, 0.3) is 0 Å². The van der Waals surface area contributed by atoms with Gasteiger partial charge in [-0.05, 0) is 24.1 Å². The average molecular weight is 305 g/mol. The Morgan fingerprint density at radius 3 is 2.71 bits per heavy atom. The molecule has 1 aromatic heterocycles. The van der Waals surface area contributed by atoms with Gasteiger partial charge in [-0.3, -0.25) is 0 Å². The number of rotatable bonds is 9. The lowest BCUT2D eigenvalue weighted by Crippen LogP contribution is -2.23. The van der Waals surface area contributed by atoms with E-state index in [0.29, 0.717) is 13.2 Å². The Kier molecular flexibility index (Phi) is 6.73. The third-order valence-corrected chi connectivity index (χ3v) is 4.17. The molecular weight excluding hydrogens is 282 g/mol. The van der Waals surface area contributed by atoms with Gasteiger partial charge in [0.15, 0.2) is 0 Å². The summed E-state index contributed by atoms with van der Waals surface area (Å²) in [5.41, 5.74) is 1.21. The minimum atomic E-state index is 0.271. The van der Waals surface area contributed by atoms with Crippen molar-refractivity contribution in [2.45, 2.75) is 19.4 Å². The number of methoxy groups -OCH3 is 1. The van der Waals surface area contributed by atoms with Crippen molar-refractivity contribution in [2.75, 3.05) is 26.9 Å². The molecule has 4 heteroatoms. The Bertz CT molecular complexity index is 513. The van der Waals surface area contributed by atoms with Crippen molar-refractivity contribution >= 4 is 11.3 Å². The first kappa shape index (κ1) is 16.0. The molecule has 0 saturated heterocycles. The molecule has 0 spiro atoms. The Hall–Kier alpha value is -1.36. The van der Waals surface area contributed by atoms with Gasteiger partial charge in [0.1, 0.15) is 12.4 Å². The maximum atomic E-state index is 5.86. The summed E-state index contributed by atoms with van der Waals surface area (Å²) < 4.78 is 10.9. The van der Waals surface area contributed by atoms with E-state index in [1.165, 1.54) is 10.4 Å². The van der Waals surface area contributed by atoms with E-state index in [1.807, 2.05) is 12.1 Å². The molecule has 0 radical (unpaired) electrons. The van der Waals surface area contributed by atoms with E-state index in [0.717, 1.165) is 18.7 Å². The lowest BCUT2D eigenvalue weighted by Gasteiger charge is -2.21. The Morgan fingerprint density at radius 2 is 2.00 bits per heavy atom. The van der Waals surface area contributed by atoms with E-state index >= 15 is 0 Å². The molecule has 0 aliphatic rings. The van der Waals surface area contributed by atoms with Crippen LogP contribution in [-0.2, 0) is 11.2 Å². The Morgan fingerprint density at radius 1 is 1.14 bits per heavy atom. The number of hydrogen-bond donors (Lipinski definition) is 1. The van der Waals surface area contributed by atoms with Crippen LogP contribution in [0.3, 0.4) is 0 Å². The molecule has 21 heavy (non-hydrogen) atoms. The summed E-state index contributed by atoms with van der Waals surface area (Å²) in [4.78, 5) is 1.38. The summed E-state index contributed by atoms with van der Waals surface area (Å²) in [6.07, 6.45) is 0.982. The van der Waals surface area contributed by atoms with Gasteiger partial charge in [0.05, 0.1) is 6.61 Å². The maximum Gasteiger partial charge on any atom is 0.124 e. The second kappa shape index (κ2) is 8.82. The van der Waals surface area contributed by atoms with E-state index < -0.39 is 0 Å². The van der Waals surface area contributed by atoms with Crippen LogP contribution in [0.5, 0.6) is 5.75 Å². The minimum absolute atomic E-state index is 0.271. The van der Waals surface area contributed by atoms with Crippen LogP contribution < -0.4 is 10.1 Å². The van der Waals surface area contributed by atoms with Crippen LogP contribution in [0.15, 0.2) is 41.8 Å². The zero-order valence-electron chi connectivity index (χ0n) is 12.7. The molecule has 1 atom stereocenters. The van der Waals surface area contributed by atoms with Gasteiger partial charge in [-0.25, -0.2) is 0 Å². The van der Waals surface area contributed by atoms with Gasteiger partial charge in [-0.15, -0.1) is 11.3 Å². The zero-order valence-corrected chi connectivity index (χ0v) is 13.5. The molecule has 3 nitrogen and oxygen atoms in total. The lowest BCUT2D eigenvalue weighted by molar-refractivity contribution is 0.145. The fourth-order valence-corrected chi connectivity index (χ4v) is 3.06. The van der Waals surface area contributed by atoms with Crippen LogP contribution in [0, 0.1) is 0 Å². The second-order valence-electron chi connectivity index (χ2n) is 4.77. The van der Waals surface area contributed by atoms with E-state index in [-0.39, 0.29) is 6.04 Å². The maximum absolute atomic E-state index is 5.86. The van der Waals surface area contributed by atoms with Gasteiger partial charge in [-0.1, -0.05) is 31.2 Å². The van der Waals surface area contributed by atoms with E-state index in [1.54, 1.807) is 18.4 Å². The minimum Gasteiger partial charge on any atom is -0.491 e. The molecule has 1 heterocycles. The van der Waals surface area contributed by atoms with Gasteiger partial charge < -0.3 is 14.8 Å². The molecule has 0 saturated carbocycles. The van der Waals surface area contributed by atoms with Crippen LogP contribution in [0.2, 0.25) is 0 Å². The first-order chi connectivity index (χ1) is 10.3. The highest BCUT2D eigenvalue weighted by Gasteiger charge is 2.16. The Balaban J connectivity index is 2.14. The van der Waals surface area contributed by atoms with E-state index in [9.17, 15) is 0 Å². The molecule has 114 valence electrons. The van der Waals surface area contributed by atoms with Crippen LogP contribution in [0.1, 0.15) is 23.4 Å². The first-order valence-corrected chi connectivity index (χ1v) is 8.19. The van der Waals surface area contributed by atoms with Crippen molar-refractivity contribution in [2.24, 2.45) is 0 Å². The second-order valence-corrected chi connectivity index (χ2v) is 5.81. The van der Waals surface area contributed by atoms with Crippen molar-refractivity contribution in [1.29, 1.82) is 0 Å². The van der Waals surface area contributed by atoms with E-state index in [4.69, 9.17) is 9.47 Å². The number of benzene rings is 1. The van der Waals surface area contributed by atoms with Crippen LogP contribution in [0.25, 0.3) is 0 Å². The first-order valence-electron chi connectivity index (χ1n) is 7.31. The lowest BCUT2D eigenvalue weighted by atomic mass is 10.0. The fourth-order valence-electron chi connectivity index (χ4n) is 2.30. The van der Waals surface area contributed by atoms with Crippen molar-refractivity contribution in [3.8, 4) is 5.75 Å². The van der Waals surface area contributed by atoms with Gasteiger partial charge >= 0.3 is 0 Å². The molecule has 0 aliphatic carbocycles. The molecule has 1 unspecified atom stereocenters. The molecule has 0 amide bonds. The summed E-state index contributed by atoms with van der Waals surface area (Å²) in [6.45, 7) is 4.24. The topological polar surface area (TPSA) is 30.5 Å². The molecular formula is C17H23NO2S. The number of hydrogen-bond acceptors (Lipinski definition) is 4. The predicted octanol–water partition coefficient (Wildman–Crippen LogP) is 3.67. The van der Waals surface area contributed by atoms with Crippen molar-refractivity contribution in [3.63, 3.8) is 0 Å². The van der Waals surface area contributed by atoms with Crippen molar-refractivity contribution < 1.29 is 9.47 Å². The number of ether oxygens (including phenoxy) is 2. The quantitative estimate of drug-likeness (QED) is 0.717. The molecule has 1 N–H and O–H groups in total. The fraction of sp³-hybridized carbons (Fsp3) is 0.412. The number of nitrogens with one attached hydrogen (secondary N) is 1. The largest absolute Gasteiger partial charge is 0.491 e. The van der Waals surface area contributed by atoms with Gasteiger partial charge in [0.2, 0.25) is 0 Å². The van der Waals surface area contributed by atoms with Crippen LogP contribution >= 0.6 is 11.3 Å². The zero-order chi connectivity index (χ0) is 14.9. The standard InChI is InChI=1S/C17H23NO2S/c1-3-18-16(13-14-7-6-12-21-14)15-8-4-5-9-17(15)20-11-10-19-2/h4-9,12,16,18H,3,10-11,13H2,1-2H3. The normalized spacial score (nSPS) is 12.3. The van der Waals surface area contributed by atoms with Gasteiger partial charge in [-0.2, -0.15) is 0 Å². The monoisotopic (exact) mass is 305 g/mol. The highest BCUT2D eigenvalue weighted by molar-refractivity contribution is 7.09. The molecule has 1 aromatic carbocycles. The third kappa shape index (κ3) is 4.84. The van der Waals surface area contributed by atoms with Crippen molar-refractivity contribution in [3.05, 3.63) is 52.2 Å². The smallest absolute Gasteiger partial charge is 0.124 e. The van der Waals surface area contributed by atoms with E-state index in [2.05, 4.69) is 41.9 Å². The molecule has 0 fully saturated rings. The molecule has 0 aliphatic heterocycles. The summed E-state index contributed by atoms with van der Waals surface area (Å²) in [5.74, 6) is 0.942. The predicted molar refractivity (Wildman–Crippen MR) is 88.3 cm³/mol. The molecule has 2 aromatic rings. The highest BCUT2D eigenvalue weighted by atomic mass is 32.1. The SMILES string of the molecule is CCNC(Cc1cccs1)c1ccccc1OCCOC. The third-order valence-electron chi connectivity index (χ3n) is 3.28. The number of thiophene rings is 1. The van der Waals surface area contributed by atoms with Crippen LogP contribution in [0.4, 0.5) is 0 Å². The highest BCUT2D eigenvalue weighted by Crippen LogP contribution is 2.28. The summed E-state index contributed by atoms with van der Waals surface area (Å²) in [7, 11) is 1.69. The summed E-state index contributed by atoms with van der Waals surface area (Å²) >= 11 is 1.80. The number of para-hydroxylation sites is 1. The average Bonchev–Trinajstić information content (AvgIpc) is 3.01. The van der Waals surface area contributed by atoms with Gasteiger partial charge in [0, 0.05) is 30.0 Å². The summed E-state index contributed by atoms with van der Waals surface area (Å²) in [5, 5.41) is 5.69. The molecule has 2 rings (SSSR count). The van der Waals surface area contributed by atoms with Crippen LogP contribution in [-0.4, -0.2) is 26.9 Å². The van der Waals surface area contributed by atoms with Crippen molar-refractivity contribution in [1.82, 2.24) is 5.32 Å². The summed E-state index contributed by atoms with van der Waals surface area (Å²) in [6, 6.07) is 12.8. The number of likely N-dealkylation sites (N-methyl/N-ethyl adjacent to an activating group) is 1.